The van der Waals surface area contributed by atoms with Crippen LogP contribution in [0.15, 0.2) is 24.3 Å². The van der Waals surface area contributed by atoms with Crippen molar-refractivity contribution in [1.82, 2.24) is 0 Å². The molecule has 0 heterocycles. The fourth-order valence-electron chi connectivity index (χ4n) is 3.60. The van der Waals surface area contributed by atoms with Crippen molar-refractivity contribution in [2.45, 2.75) is 84.0 Å². The van der Waals surface area contributed by atoms with Crippen molar-refractivity contribution in [2.75, 3.05) is 0 Å². The summed E-state index contributed by atoms with van der Waals surface area (Å²) in [7, 11) is 0. The van der Waals surface area contributed by atoms with E-state index in [-0.39, 0.29) is 0 Å². The Labute approximate surface area is 137 Å². The Morgan fingerprint density at radius 2 is 1.64 bits per heavy atom. The van der Waals surface area contributed by atoms with Gasteiger partial charge in [-0.15, -0.1) is 0 Å². The molecule has 0 unspecified atom stereocenters. The largest absolute Gasteiger partial charge is 0.0979 e. The summed E-state index contributed by atoms with van der Waals surface area (Å²) in [4.78, 5) is 0. The molecule has 0 aliphatic heterocycles. The van der Waals surface area contributed by atoms with Gasteiger partial charge in [-0.05, 0) is 61.6 Å². The lowest BCUT2D eigenvalue weighted by atomic mass is 9.77. The van der Waals surface area contributed by atoms with Crippen LogP contribution < -0.4 is 0 Å². The second-order valence-corrected chi connectivity index (χ2v) is 6.89. The lowest BCUT2D eigenvalue weighted by Gasteiger charge is -2.29. The molecule has 0 heteroatoms. The van der Waals surface area contributed by atoms with Crippen molar-refractivity contribution in [3.8, 4) is 11.8 Å². The van der Waals surface area contributed by atoms with Crippen LogP contribution in [0, 0.1) is 17.8 Å². The Hall–Kier alpha value is -1.22. The third kappa shape index (κ3) is 5.53. The average Bonchev–Trinajstić information content (AvgIpc) is 2.57. The number of hydrogen-bond donors (Lipinski definition) is 0. The molecule has 1 fully saturated rings. The minimum absolute atomic E-state index is 0.792. The van der Waals surface area contributed by atoms with Gasteiger partial charge in [0.15, 0.2) is 0 Å². The van der Waals surface area contributed by atoms with E-state index in [9.17, 15) is 0 Å². The molecule has 0 N–H and O–H groups in total. The molecule has 0 spiro atoms. The summed E-state index contributed by atoms with van der Waals surface area (Å²) >= 11 is 0. The molecule has 0 aromatic heterocycles. The maximum atomic E-state index is 3.26. The van der Waals surface area contributed by atoms with Crippen molar-refractivity contribution in [3.63, 3.8) is 0 Å². The molecule has 2 rings (SSSR count). The normalized spacial score (nSPS) is 21.2. The molecule has 0 bridgehead atoms. The quantitative estimate of drug-likeness (QED) is 0.405. The molecule has 1 saturated carbocycles. The van der Waals surface area contributed by atoms with Crippen LogP contribution in [0.3, 0.4) is 0 Å². The summed E-state index contributed by atoms with van der Waals surface area (Å²) in [6.07, 6.45) is 13.5. The van der Waals surface area contributed by atoms with Crippen molar-refractivity contribution < 1.29 is 0 Å². The monoisotopic (exact) mass is 296 g/mol. The second-order valence-electron chi connectivity index (χ2n) is 6.89. The van der Waals surface area contributed by atoms with E-state index in [1.807, 2.05) is 0 Å². The number of unbranched alkanes of at least 4 members (excludes halogenated alkanes) is 3. The molecule has 1 aromatic rings. The fourth-order valence-corrected chi connectivity index (χ4v) is 3.60. The zero-order valence-corrected chi connectivity index (χ0v) is 14.5. The lowest BCUT2D eigenvalue weighted by Crippen LogP contribution is -2.13. The second kappa shape index (κ2) is 9.73. The van der Waals surface area contributed by atoms with Gasteiger partial charge in [0.2, 0.25) is 0 Å². The highest BCUT2D eigenvalue weighted by atomic mass is 14.3. The molecular weight excluding hydrogens is 264 g/mol. The van der Waals surface area contributed by atoms with Gasteiger partial charge in [0.1, 0.15) is 0 Å². The van der Waals surface area contributed by atoms with Gasteiger partial charge in [0, 0.05) is 12.0 Å². The number of hydrogen-bond acceptors (Lipinski definition) is 0. The average molecular weight is 296 g/mol. The molecule has 1 aromatic carbocycles. The van der Waals surface area contributed by atoms with Crippen LogP contribution in [0.25, 0.3) is 0 Å². The molecule has 0 atom stereocenters. The van der Waals surface area contributed by atoms with Crippen LogP contribution in [-0.4, -0.2) is 0 Å². The molecule has 0 amide bonds. The van der Waals surface area contributed by atoms with Gasteiger partial charge >= 0.3 is 0 Å². The minimum atomic E-state index is 0.792. The first kappa shape index (κ1) is 17.1. The topological polar surface area (TPSA) is 0 Å². The third-order valence-corrected chi connectivity index (χ3v) is 5.05. The fraction of sp³-hybridized carbons (Fsp3) is 0.636. The van der Waals surface area contributed by atoms with E-state index < -0.39 is 0 Å². The van der Waals surface area contributed by atoms with E-state index in [1.165, 1.54) is 62.5 Å². The van der Waals surface area contributed by atoms with Gasteiger partial charge < -0.3 is 0 Å². The summed E-state index contributed by atoms with van der Waals surface area (Å²) in [5.41, 5.74) is 2.71. The minimum Gasteiger partial charge on any atom is -0.0979 e. The van der Waals surface area contributed by atoms with Crippen molar-refractivity contribution in [3.05, 3.63) is 35.4 Å². The molecule has 1 aliphatic carbocycles. The van der Waals surface area contributed by atoms with Gasteiger partial charge in [-0.2, -0.15) is 0 Å². The van der Waals surface area contributed by atoms with E-state index in [0.717, 1.165) is 24.7 Å². The zero-order valence-electron chi connectivity index (χ0n) is 14.5. The highest BCUT2D eigenvalue weighted by molar-refractivity contribution is 5.37. The first-order chi connectivity index (χ1) is 10.8. The highest BCUT2D eigenvalue weighted by Gasteiger charge is 2.21. The van der Waals surface area contributed by atoms with E-state index >= 15 is 0 Å². The summed E-state index contributed by atoms with van der Waals surface area (Å²) in [5.74, 6) is 8.29. The SMILES string of the molecule is CCCC#Cc1ccc([C@H]2CC[C@H](CCCCC)CC2)cc1. The van der Waals surface area contributed by atoms with Crippen LogP contribution in [0.1, 0.15) is 95.1 Å². The standard InChI is InChI=1S/C22H32/c1-3-5-7-9-19-11-15-21(16-12-19)22-17-13-20(14-18-22)10-8-6-4-2/h13-14,17-19,21H,3-7,9,11-12,15-16H2,1-2H3/t19-,21-. The highest BCUT2D eigenvalue weighted by Crippen LogP contribution is 2.37. The Balaban J connectivity index is 1.80. The molecular formula is C22H32. The first-order valence-electron chi connectivity index (χ1n) is 9.42. The van der Waals surface area contributed by atoms with Gasteiger partial charge in [-0.25, -0.2) is 0 Å². The summed E-state index contributed by atoms with van der Waals surface area (Å²) in [5, 5.41) is 0. The summed E-state index contributed by atoms with van der Waals surface area (Å²) in [6.45, 7) is 4.48. The Morgan fingerprint density at radius 3 is 2.27 bits per heavy atom. The summed E-state index contributed by atoms with van der Waals surface area (Å²) < 4.78 is 0. The van der Waals surface area contributed by atoms with Crippen LogP contribution >= 0.6 is 0 Å². The molecule has 0 nitrogen and oxygen atoms in total. The first-order valence-corrected chi connectivity index (χ1v) is 9.42. The molecule has 22 heavy (non-hydrogen) atoms. The smallest absolute Gasteiger partial charge is 0.0245 e. The van der Waals surface area contributed by atoms with Crippen LogP contribution in [-0.2, 0) is 0 Å². The van der Waals surface area contributed by atoms with Crippen molar-refractivity contribution in [1.29, 1.82) is 0 Å². The zero-order chi connectivity index (χ0) is 15.6. The maximum absolute atomic E-state index is 3.26. The van der Waals surface area contributed by atoms with Gasteiger partial charge in [0.25, 0.3) is 0 Å². The maximum Gasteiger partial charge on any atom is 0.0245 e. The van der Waals surface area contributed by atoms with Gasteiger partial charge in [0.05, 0.1) is 0 Å². The molecule has 120 valence electrons. The van der Waals surface area contributed by atoms with Gasteiger partial charge in [-0.1, -0.05) is 63.5 Å². The van der Waals surface area contributed by atoms with E-state index in [4.69, 9.17) is 0 Å². The molecule has 0 saturated heterocycles. The molecule has 0 radical (unpaired) electrons. The Morgan fingerprint density at radius 1 is 0.909 bits per heavy atom. The summed E-state index contributed by atoms with van der Waals surface area (Å²) in [6, 6.07) is 9.06. The van der Waals surface area contributed by atoms with E-state index in [1.54, 1.807) is 0 Å². The third-order valence-electron chi connectivity index (χ3n) is 5.05. The van der Waals surface area contributed by atoms with Crippen LogP contribution in [0.5, 0.6) is 0 Å². The lowest BCUT2D eigenvalue weighted by molar-refractivity contribution is 0.303. The predicted octanol–water partition coefficient (Wildman–Crippen LogP) is 6.69. The van der Waals surface area contributed by atoms with Crippen molar-refractivity contribution in [2.24, 2.45) is 5.92 Å². The van der Waals surface area contributed by atoms with Gasteiger partial charge in [-0.3, -0.25) is 0 Å². The Kier molecular flexibility index (Phi) is 7.58. The Bertz CT molecular complexity index is 463. The number of rotatable bonds is 6. The van der Waals surface area contributed by atoms with E-state index in [0.29, 0.717) is 0 Å². The molecule has 1 aliphatic rings. The van der Waals surface area contributed by atoms with Crippen LogP contribution in [0.2, 0.25) is 0 Å². The van der Waals surface area contributed by atoms with Crippen molar-refractivity contribution >= 4 is 0 Å². The van der Waals surface area contributed by atoms with E-state index in [2.05, 4.69) is 50.0 Å². The van der Waals surface area contributed by atoms with Crippen LogP contribution in [0.4, 0.5) is 0 Å². The predicted molar refractivity (Wildman–Crippen MR) is 97.1 cm³/mol. The number of benzene rings is 1.